The summed E-state index contributed by atoms with van der Waals surface area (Å²) in [5.41, 5.74) is 0. The van der Waals surface area contributed by atoms with E-state index in [9.17, 15) is 0 Å². The molecule has 1 saturated heterocycles. The van der Waals surface area contributed by atoms with Gasteiger partial charge in [-0.1, -0.05) is 72.8 Å². The molecule has 0 atom stereocenters. The molecule has 0 N–H and O–H groups in total. The number of para-hydroxylation sites is 4. The Morgan fingerprint density at radius 2 is 0.824 bits per heavy atom. The first-order chi connectivity index (χ1) is 16.8. The van der Waals surface area contributed by atoms with Gasteiger partial charge in [-0.25, -0.2) is 0 Å². The fourth-order valence-electron chi connectivity index (χ4n) is 3.96. The zero-order valence-corrected chi connectivity index (χ0v) is 18.7. The topological polar surface area (TPSA) is 51.0 Å². The van der Waals surface area contributed by atoms with Gasteiger partial charge in [0.1, 0.15) is 23.0 Å². The molecular weight excluding hydrogens is 426 g/mol. The van der Waals surface area contributed by atoms with Crippen LogP contribution >= 0.6 is 0 Å². The number of piperidine rings is 1. The van der Waals surface area contributed by atoms with Gasteiger partial charge in [0.05, 0.1) is 0 Å². The van der Waals surface area contributed by atoms with Crippen molar-refractivity contribution in [2.24, 2.45) is 0 Å². The van der Waals surface area contributed by atoms with Gasteiger partial charge in [0.15, 0.2) is 0 Å². The average molecular weight is 453 g/mol. The number of hydrogen-bond acceptors (Lipinski definition) is 4. The molecule has 1 radical (unpaired) electrons. The van der Waals surface area contributed by atoms with Gasteiger partial charge in [0.25, 0.3) is 0 Å². The maximum absolute atomic E-state index is 6.64. The average Bonchev–Trinajstić information content (AvgIpc) is 2.88. The minimum absolute atomic E-state index is 0.500. The summed E-state index contributed by atoms with van der Waals surface area (Å²) in [6.07, 6.45) is 1.25. The summed E-state index contributed by atoms with van der Waals surface area (Å²) in [7, 11) is 0. The lowest BCUT2D eigenvalue weighted by molar-refractivity contribution is -0.333. The van der Waals surface area contributed by atoms with E-state index in [0.717, 1.165) is 6.42 Å². The summed E-state index contributed by atoms with van der Waals surface area (Å²) in [5, 5.41) is 4.90. The molecule has 5 rings (SSSR count). The molecule has 1 fully saturated rings. The summed E-state index contributed by atoms with van der Waals surface area (Å²) < 4.78 is 26.4. The molecule has 0 amide bonds. The maximum Gasteiger partial charge on any atom is 0.410 e. The molecule has 0 spiro atoms. The number of hydrogen-bond donors (Lipinski definition) is 0. The fourth-order valence-corrected chi connectivity index (χ4v) is 3.96. The Kier molecular flexibility index (Phi) is 6.36. The van der Waals surface area contributed by atoms with Gasteiger partial charge in [0.2, 0.25) is 0 Å². The zero-order chi connectivity index (χ0) is 23.1. The van der Waals surface area contributed by atoms with E-state index in [2.05, 4.69) is 0 Å². The van der Waals surface area contributed by atoms with Gasteiger partial charge >= 0.3 is 11.7 Å². The van der Waals surface area contributed by atoms with Gasteiger partial charge in [-0.3, -0.25) is 0 Å². The molecule has 5 nitrogen and oxygen atoms in total. The van der Waals surface area contributed by atoms with Gasteiger partial charge in [-0.05, 0) is 55.0 Å². The Bertz CT molecular complexity index is 976. The summed E-state index contributed by atoms with van der Waals surface area (Å²) in [5.74, 6) is -0.552. The van der Waals surface area contributed by atoms with E-state index in [0.29, 0.717) is 36.0 Å². The third-order valence-corrected chi connectivity index (χ3v) is 5.52. The van der Waals surface area contributed by atoms with Crippen molar-refractivity contribution in [3.05, 3.63) is 121 Å². The second-order valence-electron chi connectivity index (χ2n) is 7.98. The van der Waals surface area contributed by atoms with E-state index in [-0.39, 0.29) is 0 Å². The lowest BCUT2D eigenvalue weighted by Crippen LogP contribution is -2.74. The minimum Gasteiger partial charge on any atom is -0.444 e. The maximum atomic E-state index is 6.64. The smallest absolute Gasteiger partial charge is 0.410 e. The number of rotatable bonds is 8. The Morgan fingerprint density at radius 3 is 1.21 bits per heavy atom. The lowest BCUT2D eigenvalue weighted by Gasteiger charge is -2.49. The van der Waals surface area contributed by atoms with Crippen LogP contribution in [-0.2, 0) is 0 Å². The molecule has 0 saturated carbocycles. The summed E-state index contributed by atoms with van der Waals surface area (Å²) in [6.45, 7) is 0.539. The van der Waals surface area contributed by atoms with Crippen LogP contribution in [-0.4, -0.2) is 18.2 Å². The van der Waals surface area contributed by atoms with Crippen LogP contribution in [0, 0.1) is 0 Å². The minimum atomic E-state index is -1.61. The molecule has 1 aliphatic heterocycles. The van der Waals surface area contributed by atoms with Gasteiger partial charge in [0, 0.05) is 13.0 Å². The summed E-state index contributed by atoms with van der Waals surface area (Å²) >= 11 is 0. The van der Waals surface area contributed by atoms with Crippen LogP contribution in [0.15, 0.2) is 121 Å². The van der Waals surface area contributed by atoms with Gasteiger partial charge < -0.3 is 18.9 Å². The highest BCUT2D eigenvalue weighted by Gasteiger charge is 2.65. The van der Waals surface area contributed by atoms with E-state index in [1.807, 2.05) is 121 Å². The Balaban J connectivity index is 1.65. The quantitative estimate of drug-likeness (QED) is 0.305. The third kappa shape index (κ3) is 4.70. The normalized spacial score (nSPS) is 16.2. The molecule has 1 aliphatic rings. The number of ether oxygens (including phenoxy) is 4. The van der Waals surface area contributed by atoms with Crippen LogP contribution in [0.3, 0.4) is 0 Å². The highest BCUT2D eigenvalue weighted by atomic mass is 16.8. The van der Waals surface area contributed by atoms with Crippen LogP contribution in [0.4, 0.5) is 0 Å². The lowest BCUT2D eigenvalue weighted by atomic mass is 10.00. The first-order valence-electron chi connectivity index (χ1n) is 11.4. The molecule has 0 aromatic heterocycles. The van der Waals surface area contributed by atoms with Crippen LogP contribution < -0.4 is 24.3 Å². The zero-order valence-electron chi connectivity index (χ0n) is 18.7. The largest absolute Gasteiger partial charge is 0.444 e. The van der Waals surface area contributed by atoms with Crippen molar-refractivity contribution in [1.82, 2.24) is 5.32 Å². The molecule has 0 aliphatic carbocycles. The molecule has 1 heterocycles. The van der Waals surface area contributed by atoms with E-state index in [1.54, 1.807) is 0 Å². The Morgan fingerprint density at radius 1 is 0.471 bits per heavy atom. The highest BCUT2D eigenvalue weighted by Crippen LogP contribution is 2.41. The van der Waals surface area contributed by atoms with E-state index >= 15 is 0 Å². The standard InChI is InChI=1S/C29H26NO4/c1-5-14-24(15-6-1)31-28(32-25-16-7-2-8-17-25)22-13-23-30-29(28,33-26-18-9-3-10-19-26)34-27-20-11-4-12-21-27/h1-12,14-21H,13,22-23H2. The van der Waals surface area contributed by atoms with Crippen LogP contribution in [0.25, 0.3) is 0 Å². The van der Waals surface area contributed by atoms with Crippen molar-refractivity contribution in [3.8, 4) is 23.0 Å². The third-order valence-electron chi connectivity index (χ3n) is 5.52. The highest BCUT2D eigenvalue weighted by molar-refractivity contribution is 5.29. The molecule has 0 unspecified atom stereocenters. The Labute approximate surface area is 199 Å². The van der Waals surface area contributed by atoms with Crippen molar-refractivity contribution in [2.75, 3.05) is 6.54 Å². The molecule has 171 valence electrons. The Hall–Kier alpha value is -3.96. The molecule has 0 bridgehead atoms. The van der Waals surface area contributed by atoms with Crippen molar-refractivity contribution in [2.45, 2.75) is 24.5 Å². The predicted octanol–water partition coefficient (Wildman–Crippen LogP) is 6.05. The molecule has 4 aromatic carbocycles. The molecule has 5 heteroatoms. The monoisotopic (exact) mass is 452 g/mol. The SMILES string of the molecule is c1ccc(OC2(Oc3ccccc3)CCC[N]C2(Oc2ccccc2)Oc2ccccc2)cc1. The first-order valence-corrected chi connectivity index (χ1v) is 11.4. The van der Waals surface area contributed by atoms with Crippen LogP contribution in [0.1, 0.15) is 12.8 Å². The van der Waals surface area contributed by atoms with Crippen molar-refractivity contribution in [3.63, 3.8) is 0 Å². The van der Waals surface area contributed by atoms with E-state index < -0.39 is 11.7 Å². The summed E-state index contributed by atoms with van der Waals surface area (Å²) in [6, 6.07) is 38.1. The van der Waals surface area contributed by atoms with Crippen LogP contribution in [0.2, 0.25) is 0 Å². The second-order valence-corrected chi connectivity index (χ2v) is 7.98. The molecular formula is C29H26NO4. The summed E-state index contributed by atoms with van der Waals surface area (Å²) in [4.78, 5) is 0. The van der Waals surface area contributed by atoms with Crippen molar-refractivity contribution >= 4 is 0 Å². The van der Waals surface area contributed by atoms with E-state index in [1.165, 1.54) is 0 Å². The van der Waals surface area contributed by atoms with Crippen molar-refractivity contribution < 1.29 is 18.9 Å². The predicted molar refractivity (Wildman–Crippen MR) is 130 cm³/mol. The number of nitrogens with zero attached hydrogens (tertiary/aromatic N) is 1. The van der Waals surface area contributed by atoms with Crippen molar-refractivity contribution in [1.29, 1.82) is 0 Å². The fraction of sp³-hybridized carbons (Fsp3) is 0.172. The second kappa shape index (κ2) is 9.89. The van der Waals surface area contributed by atoms with Gasteiger partial charge in [-0.15, -0.1) is 0 Å². The molecule has 4 aromatic rings. The number of benzene rings is 4. The van der Waals surface area contributed by atoms with E-state index in [4.69, 9.17) is 24.3 Å². The van der Waals surface area contributed by atoms with Crippen LogP contribution in [0.5, 0.6) is 23.0 Å². The first kappa shape index (κ1) is 21.9. The molecule has 34 heavy (non-hydrogen) atoms. The van der Waals surface area contributed by atoms with Gasteiger partial charge in [-0.2, -0.15) is 5.32 Å².